The first-order valence-corrected chi connectivity index (χ1v) is 6.28. The first kappa shape index (κ1) is 13.2. The average Bonchev–Trinajstić information content (AvgIpc) is 2.69. The largest absolute Gasteiger partial charge is 0.462 e. The smallest absolute Gasteiger partial charge is 0.396 e. The van der Waals surface area contributed by atoms with Crippen molar-refractivity contribution in [3.8, 4) is 0 Å². The van der Waals surface area contributed by atoms with Crippen LogP contribution in [0.25, 0.3) is 0 Å². The maximum absolute atomic E-state index is 11.3. The predicted octanol–water partition coefficient (Wildman–Crippen LogP) is 1.68. The number of methoxy groups -OCH3 is 1. The van der Waals surface area contributed by atoms with E-state index >= 15 is 0 Å². The van der Waals surface area contributed by atoms with Crippen molar-refractivity contribution in [3.05, 3.63) is 20.8 Å². The summed E-state index contributed by atoms with van der Waals surface area (Å²) in [5.74, 6) is -1.44. The standard InChI is InChI=1S/C10H12BrNO3S/c1-12(9(13)10(14)15-2)4-3-8-5-7(11)6-16-8/h5-6H,3-4H2,1-2H3. The zero-order valence-corrected chi connectivity index (χ0v) is 11.4. The molecule has 0 aliphatic rings. The predicted molar refractivity (Wildman–Crippen MR) is 65.4 cm³/mol. The highest BCUT2D eigenvalue weighted by atomic mass is 79.9. The van der Waals surface area contributed by atoms with Gasteiger partial charge in [0.25, 0.3) is 0 Å². The highest BCUT2D eigenvalue weighted by Crippen LogP contribution is 2.20. The lowest BCUT2D eigenvalue weighted by atomic mass is 10.3. The number of halogens is 1. The van der Waals surface area contributed by atoms with E-state index in [2.05, 4.69) is 20.7 Å². The van der Waals surface area contributed by atoms with Crippen LogP contribution in [-0.2, 0) is 20.7 Å². The van der Waals surface area contributed by atoms with Crippen molar-refractivity contribution in [2.24, 2.45) is 0 Å². The van der Waals surface area contributed by atoms with Gasteiger partial charge in [0.2, 0.25) is 0 Å². The second-order valence-corrected chi connectivity index (χ2v) is 5.11. The number of thiophene rings is 1. The van der Waals surface area contributed by atoms with Gasteiger partial charge in [0.1, 0.15) is 0 Å². The fourth-order valence-electron chi connectivity index (χ4n) is 1.11. The van der Waals surface area contributed by atoms with Crippen molar-refractivity contribution in [2.45, 2.75) is 6.42 Å². The fourth-order valence-corrected chi connectivity index (χ4v) is 2.55. The minimum atomic E-state index is -0.824. The number of likely N-dealkylation sites (N-methyl/N-ethyl adjacent to an activating group) is 1. The Kier molecular flexibility index (Phi) is 4.95. The molecule has 0 bridgehead atoms. The highest BCUT2D eigenvalue weighted by molar-refractivity contribution is 9.10. The molecule has 0 saturated carbocycles. The number of carbonyl (C=O) groups excluding carboxylic acids is 2. The maximum atomic E-state index is 11.3. The van der Waals surface area contributed by atoms with Crippen molar-refractivity contribution in [1.29, 1.82) is 0 Å². The van der Waals surface area contributed by atoms with E-state index in [1.165, 1.54) is 12.0 Å². The Morgan fingerprint density at radius 1 is 1.56 bits per heavy atom. The maximum Gasteiger partial charge on any atom is 0.396 e. The van der Waals surface area contributed by atoms with E-state index < -0.39 is 11.9 Å². The number of nitrogens with zero attached hydrogens (tertiary/aromatic N) is 1. The Labute approximate surface area is 106 Å². The van der Waals surface area contributed by atoms with Crippen LogP contribution in [0, 0.1) is 0 Å². The fraction of sp³-hybridized carbons (Fsp3) is 0.400. The van der Waals surface area contributed by atoms with Gasteiger partial charge in [-0.1, -0.05) is 0 Å². The van der Waals surface area contributed by atoms with Gasteiger partial charge >= 0.3 is 11.9 Å². The highest BCUT2D eigenvalue weighted by Gasteiger charge is 2.18. The zero-order valence-electron chi connectivity index (χ0n) is 9.03. The molecule has 0 N–H and O–H groups in total. The van der Waals surface area contributed by atoms with E-state index in [-0.39, 0.29) is 0 Å². The summed E-state index contributed by atoms with van der Waals surface area (Å²) in [6, 6.07) is 2.00. The first-order chi connectivity index (χ1) is 7.54. The number of carbonyl (C=O) groups is 2. The summed E-state index contributed by atoms with van der Waals surface area (Å²) in [6.45, 7) is 0.501. The van der Waals surface area contributed by atoms with Crippen molar-refractivity contribution < 1.29 is 14.3 Å². The minimum absolute atomic E-state index is 0.501. The molecule has 0 saturated heterocycles. The molecule has 4 nitrogen and oxygen atoms in total. The van der Waals surface area contributed by atoms with Crippen LogP contribution >= 0.6 is 27.3 Å². The van der Waals surface area contributed by atoms with Crippen molar-refractivity contribution in [2.75, 3.05) is 20.7 Å². The molecule has 1 aromatic heterocycles. The van der Waals surface area contributed by atoms with Crippen LogP contribution in [0.2, 0.25) is 0 Å². The molecule has 0 aromatic carbocycles. The molecule has 0 aliphatic heterocycles. The summed E-state index contributed by atoms with van der Waals surface area (Å²) in [6.07, 6.45) is 0.732. The second-order valence-electron chi connectivity index (χ2n) is 3.20. The molecular weight excluding hydrogens is 294 g/mol. The van der Waals surface area contributed by atoms with E-state index in [4.69, 9.17) is 0 Å². The van der Waals surface area contributed by atoms with Gasteiger partial charge in [0.05, 0.1) is 7.11 Å². The molecule has 6 heteroatoms. The SMILES string of the molecule is COC(=O)C(=O)N(C)CCc1cc(Br)cs1. The van der Waals surface area contributed by atoms with Gasteiger partial charge in [-0.3, -0.25) is 4.79 Å². The molecule has 1 heterocycles. The third-order valence-corrected chi connectivity index (χ3v) is 3.78. The summed E-state index contributed by atoms with van der Waals surface area (Å²) < 4.78 is 5.39. The van der Waals surface area contributed by atoms with Crippen LogP contribution in [0.3, 0.4) is 0 Å². The molecule has 88 valence electrons. The molecule has 16 heavy (non-hydrogen) atoms. The summed E-state index contributed by atoms with van der Waals surface area (Å²) in [4.78, 5) is 24.8. The van der Waals surface area contributed by atoms with E-state index in [1.54, 1.807) is 18.4 Å². The van der Waals surface area contributed by atoms with Gasteiger partial charge in [0, 0.05) is 28.3 Å². The van der Waals surface area contributed by atoms with Gasteiger partial charge in [-0.15, -0.1) is 11.3 Å². The molecule has 1 rings (SSSR count). The molecule has 0 aliphatic carbocycles. The molecule has 0 atom stereocenters. The average molecular weight is 306 g/mol. The van der Waals surface area contributed by atoms with E-state index in [0.29, 0.717) is 6.54 Å². The summed E-state index contributed by atoms with van der Waals surface area (Å²) >= 11 is 4.97. The molecule has 1 amide bonds. The number of esters is 1. The Hall–Kier alpha value is -0.880. The number of ether oxygens (including phenoxy) is 1. The lowest BCUT2D eigenvalue weighted by Crippen LogP contribution is -2.35. The summed E-state index contributed by atoms with van der Waals surface area (Å²) in [7, 11) is 2.78. The summed E-state index contributed by atoms with van der Waals surface area (Å²) in [5, 5.41) is 1.98. The number of amides is 1. The van der Waals surface area contributed by atoms with Gasteiger partial charge < -0.3 is 9.64 Å². The van der Waals surface area contributed by atoms with Crippen LogP contribution in [0.5, 0.6) is 0 Å². The number of hydrogen-bond donors (Lipinski definition) is 0. The van der Waals surface area contributed by atoms with Crippen LogP contribution in [-0.4, -0.2) is 37.5 Å². The molecule has 0 fully saturated rings. The van der Waals surface area contributed by atoms with Crippen molar-refractivity contribution >= 4 is 39.1 Å². The van der Waals surface area contributed by atoms with E-state index in [0.717, 1.165) is 15.8 Å². The Morgan fingerprint density at radius 2 is 2.25 bits per heavy atom. The first-order valence-electron chi connectivity index (χ1n) is 4.61. The number of rotatable bonds is 3. The van der Waals surface area contributed by atoms with Gasteiger partial charge in [-0.05, 0) is 28.4 Å². The summed E-state index contributed by atoms with van der Waals surface area (Å²) in [5.41, 5.74) is 0. The lowest BCUT2D eigenvalue weighted by molar-refractivity contribution is -0.157. The van der Waals surface area contributed by atoms with Crippen molar-refractivity contribution in [1.82, 2.24) is 4.90 Å². The third kappa shape index (κ3) is 3.61. The Balaban J connectivity index is 2.43. The topological polar surface area (TPSA) is 46.6 Å². The van der Waals surface area contributed by atoms with Crippen molar-refractivity contribution in [3.63, 3.8) is 0 Å². The van der Waals surface area contributed by atoms with Crippen LogP contribution in [0.4, 0.5) is 0 Å². The quantitative estimate of drug-likeness (QED) is 0.630. The molecule has 0 spiro atoms. The minimum Gasteiger partial charge on any atom is -0.462 e. The second kappa shape index (κ2) is 6.00. The monoisotopic (exact) mass is 305 g/mol. The van der Waals surface area contributed by atoms with E-state index in [1.807, 2.05) is 11.4 Å². The molecule has 1 aromatic rings. The van der Waals surface area contributed by atoms with Crippen LogP contribution < -0.4 is 0 Å². The van der Waals surface area contributed by atoms with E-state index in [9.17, 15) is 9.59 Å². The lowest BCUT2D eigenvalue weighted by Gasteiger charge is -2.14. The molecule has 0 unspecified atom stereocenters. The third-order valence-electron chi connectivity index (χ3n) is 2.02. The van der Waals surface area contributed by atoms with Crippen LogP contribution in [0.15, 0.2) is 15.9 Å². The van der Waals surface area contributed by atoms with Gasteiger partial charge in [-0.2, -0.15) is 0 Å². The number of hydrogen-bond acceptors (Lipinski definition) is 4. The normalized spacial score (nSPS) is 9.94. The Morgan fingerprint density at radius 3 is 2.75 bits per heavy atom. The molecular formula is C10H12BrNO3S. The van der Waals surface area contributed by atoms with Gasteiger partial charge in [0.15, 0.2) is 0 Å². The van der Waals surface area contributed by atoms with Crippen LogP contribution in [0.1, 0.15) is 4.88 Å². The molecule has 0 radical (unpaired) electrons. The zero-order chi connectivity index (χ0) is 12.1. The Bertz CT molecular complexity index is 391. The van der Waals surface area contributed by atoms with Gasteiger partial charge in [-0.25, -0.2) is 4.79 Å².